The molecular weight excluding hydrogens is 160 g/mol. The third kappa shape index (κ3) is 3.13. The van der Waals surface area contributed by atoms with Crippen LogP contribution in [0.25, 0.3) is 0 Å². The largest absolute Gasteiger partial charge is 0.299 e. The van der Waals surface area contributed by atoms with Crippen LogP contribution in [0, 0.1) is 17.8 Å². The Morgan fingerprint density at radius 2 is 1.69 bits per heavy atom. The SMILES string of the molecule is CCCC(=O)C1CC(C)CC(C)C1. The summed E-state index contributed by atoms with van der Waals surface area (Å²) in [6, 6.07) is 0. The van der Waals surface area contributed by atoms with Crippen LogP contribution >= 0.6 is 0 Å². The van der Waals surface area contributed by atoms with Crippen molar-refractivity contribution in [3.8, 4) is 0 Å². The van der Waals surface area contributed by atoms with Crippen LogP contribution in [0.2, 0.25) is 0 Å². The first-order valence-corrected chi connectivity index (χ1v) is 5.66. The van der Waals surface area contributed by atoms with E-state index in [0.717, 1.165) is 37.5 Å². The maximum atomic E-state index is 11.7. The van der Waals surface area contributed by atoms with Crippen molar-refractivity contribution in [2.24, 2.45) is 17.8 Å². The van der Waals surface area contributed by atoms with E-state index < -0.39 is 0 Å². The van der Waals surface area contributed by atoms with Crippen molar-refractivity contribution in [1.82, 2.24) is 0 Å². The molecule has 2 atom stereocenters. The molecule has 76 valence electrons. The van der Waals surface area contributed by atoms with Crippen molar-refractivity contribution in [3.63, 3.8) is 0 Å². The number of hydrogen-bond donors (Lipinski definition) is 0. The molecule has 1 saturated carbocycles. The number of hydrogen-bond acceptors (Lipinski definition) is 1. The fraction of sp³-hybridized carbons (Fsp3) is 0.917. The summed E-state index contributed by atoms with van der Waals surface area (Å²) in [4.78, 5) is 11.7. The van der Waals surface area contributed by atoms with Crippen LogP contribution in [0.1, 0.15) is 52.9 Å². The fourth-order valence-electron chi connectivity index (χ4n) is 2.66. The molecule has 0 N–H and O–H groups in total. The van der Waals surface area contributed by atoms with Gasteiger partial charge in [0.25, 0.3) is 0 Å². The summed E-state index contributed by atoms with van der Waals surface area (Å²) in [6.07, 6.45) is 5.41. The molecule has 0 aliphatic heterocycles. The summed E-state index contributed by atoms with van der Waals surface area (Å²) in [7, 11) is 0. The Morgan fingerprint density at radius 1 is 1.15 bits per heavy atom. The van der Waals surface area contributed by atoms with E-state index in [-0.39, 0.29) is 0 Å². The zero-order valence-electron chi connectivity index (χ0n) is 9.18. The first-order chi connectivity index (χ1) is 6.13. The van der Waals surface area contributed by atoms with Crippen molar-refractivity contribution in [2.75, 3.05) is 0 Å². The maximum Gasteiger partial charge on any atom is 0.135 e. The highest BCUT2D eigenvalue weighted by molar-refractivity contribution is 5.81. The minimum absolute atomic E-state index is 0.388. The van der Waals surface area contributed by atoms with Gasteiger partial charge < -0.3 is 0 Å². The highest BCUT2D eigenvalue weighted by Gasteiger charge is 2.27. The zero-order valence-corrected chi connectivity index (χ0v) is 9.18. The van der Waals surface area contributed by atoms with Crippen LogP contribution < -0.4 is 0 Å². The molecule has 0 spiro atoms. The third-order valence-corrected chi connectivity index (χ3v) is 3.13. The van der Waals surface area contributed by atoms with Gasteiger partial charge >= 0.3 is 0 Å². The Kier molecular flexibility index (Phi) is 3.95. The smallest absolute Gasteiger partial charge is 0.135 e. The maximum absolute atomic E-state index is 11.7. The van der Waals surface area contributed by atoms with Gasteiger partial charge in [-0.2, -0.15) is 0 Å². The van der Waals surface area contributed by atoms with Gasteiger partial charge in [0.15, 0.2) is 0 Å². The minimum atomic E-state index is 0.388. The molecule has 1 aliphatic carbocycles. The zero-order chi connectivity index (χ0) is 9.84. The molecule has 1 fully saturated rings. The number of carbonyl (C=O) groups excluding carboxylic acids is 1. The number of Topliss-reactive ketones (excluding diaryl/α,β-unsaturated/α-hetero) is 1. The van der Waals surface area contributed by atoms with Gasteiger partial charge in [0.05, 0.1) is 0 Å². The highest BCUT2D eigenvalue weighted by atomic mass is 16.1. The van der Waals surface area contributed by atoms with E-state index >= 15 is 0 Å². The monoisotopic (exact) mass is 182 g/mol. The molecule has 0 saturated heterocycles. The van der Waals surface area contributed by atoms with Gasteiger partial charge in [-0.25, -0.2) is 0 Å². The predicted molar refractivity (Wildman–Crippen MR) is 55.6 cm³/mol. The van der Waals surface area contributed by atoms with Crippen molar-refractivity contribution in [1.29, 1.82) is 0 Å². The van der Waals surface area contributed by atoms with Gasteiger partial charge in [-0.15, -0.1) is 0 Å². The molecule has 13 heavy (non-hydrogen) atoms. The van der Waals surface area contributed by atoms with Crippen LogP contribution in [-0.2, 0) is 4.79 Å². The topological polar surface area (TPSA) is 17.1 Å². The molecule has 0 heterocycles. The van der Waals surface area contributed by atoms with Gasteiger partial charge in [-0.05, 0) is 37.5 Å². The molecule has 0 aromatic heterocycles. The van der Waals surface area contributed by atoms with Gasteiger partial charge in [-0.1, -0.05) is 20.8 Å². The van der Waals surface area contributed by atoms with E-state index in [1.54, 1.807) is 0 Å². The Labute approximate surface area is 81.9 Å². The normalized spacial score (nSPS) is 34.5. The molecular formula is C12H22O. The molecule has 0 radical (unpaired) electrons. The van der Waals surface area contributed by atoms with E-state index in [2.05, 4.69) is 20.8 Å². The molecule has 1 rings (SSSR count). The first kappa shape index (κ1) is 10.7. The fourth-order valence-corrected chi connectivity index (χ4v) is 2.66. The van der Waals surface area contributed by atoms with Crippen molar-refractivity contribution in [2.45, 2.75) is 52.9 Å². The molecule has 0 bridgehead atoms. The third-order valence-electron chi connectivity index (χ3n) is 3.13. The van der Waals surface area contributed by atoms with Crippen molar-refractivity contribution < 1.29 is 4.79 Å². The van der Waals surface area contributed by atoms with Crippen molar-refractivity contribution in [3.05, 3.63) is 0 Å². The predicted octanol–water partition coefficient (Wildman–Crippen LogP) is 3.43. The molecule has 1 nitrogen and oxygen atoms in total. The van der Waals surface area contributed by atoms with Gasteiger partial charge in [0.2, 0.25) is 0 Å². The summed E-state index contributed by atoms with van der Waals surface area (Å²) in [5, 5.41) is 0. The van der Waals surface area contributed by atoms with E-state index in [4.69, 9.17) is 0 Å². The summed E-state index contributed by atoms with van der Waals surface area (Å²) in [6.45, 7) is 6.65. The van der Waals surface area contributed by atoms with Crippen LogP contribution in [0.4, 0.5) is 0 Å². The average Bonchev–Trinajstić information content (AvgIpc) is 2.03. The number of carbonyl (C=O) groups is 1. The lowest BCUT2D eigenvalue weighted by Gasteiger charge is -2.30. The number of rotatable bonds is 3. The number of ketones is 1. The highest BCUT2D eigenvalue weighted by Crippen LogP contribution is 2.33. The molecule has 2 unspecified atom stereocenters. The summed E-state index contributed by atoms with van der Waals surface area (Å²) in [5.41, 5.74) is 0. The van der Waals surface area contributed by atoms with Crippen molar-refractivity contribution >= 4 is 5.78 Å². The van der Waals surface area contributed by atoms with Gasteiger partial charge in [-0.3, -0.25) is 4.79 Å². The Hall–Kier alpha value is -0.330. The quantitative estimate of drug-likeness (QED) is 0.653. The Morgan fingerprint density at radius 3 is 2.15 bits per heavy atom. The summed E-state index contributed by atoms with van der Waals surface area (Å²) < 4.78 is 0. The second-order valence-electron chi connectivity index (χ2n) is 4.83. The summed E-state index contributed by atoms with van der Waals surface area (Å²) >= 11 is 0. The molecule has 1 heteroatoms. The standard InChI is InChI=1S/C12H22O/c1-4-5-12(13)11-7-9(2)6-10(3)8-11/h9-11H,4-8H2,1-3H3. The molecule has 0 aromatic carbocycles. The van der Waals surface area contributed by atoms with Crippen LogP contribution in [-0.4, -0.2) is 5.78 Å². The van der Waals surface area contributed by atoms with Crippen LogP contribution in [0.3, 0.4) is 0 Å². The Bertz CT molecular complexity index is 164. The van der Waals surface area contributed by atoms with Crippen LogP contribution in [0.5, 0.6) is 0 Å². The van der Waals surface area contributed by atoms with Gasteiger partial charge in [0, 0.05) is 12.3 Å². The lowest BCUT2D eigenvalue weighted by atomic mass is 9.74. The van der Waals surface area contributed by atoms with E-state index in [1.165, 1.54) is 6.42 Å². The van der Waals surface area contributed by atoms with Crippen LogP contribution in [0.15, 0.2) is 0 Å². The molecule has 0 amide bonds. The lowest BCUT2D eigenvalue weighted by Crippen LogP contribution is -2.25. The van der Waals surface area contributed by atoms with Gasteiger partial charge in [0.1, 0.15) is 5.78 Å². The van der Waals surface area contributed by atoms with E-state index in [9.17, 15) is 4.79 Å². The second kappa shape index (κ2) is 4.78. The van der Waals surface area contributed by atoms with E-state index in [0.29, 0.717) is 11.7 Å². The molecule has 0 aromatic rings. The average molecular weight is 182 g/mol. The second-order valence-corrected chi connectivity index (χ2v) is 4.83. The Balaban J connectivity index is 2.45. The first-order valence-electron chi connectivity index (χ1n) is 5.66. The van der Waals surface area contributed by atoms with E-state index in [1.807, 2.05) is 0 Å². The minimum Gasteiger partial charge on any atom is -0.299 e. The summed E-state index contributed by atoms with van der Waals surface area (Å²) in [5.74, 6) is 2.42. The molecule has 1 aliphatic rings. The lowest BCUT2D eigenvalue weighted by molar-refractivity contribution is -0.124.